The van der Waals surface area contributed by atoms with Gasteiger partial charge in [-0.25, -0.2) is 0 Å². The molecule has 3 rings (SSSR count). The van der Waals surface area contributed by atoms with Crippen molar-refractivity contribution in [3.05, 3.63) is 18.0 Å². The molecule has 2 heterocycles. The van der Waals surface area contributed by atoms with E-state index in [4.69, 9.17) is 0 Å². The highest BCUT2D eigenvalue weighted by Gasteiger charge is 2.37. The van der Waals surface area contributed by atoms with Crippen LogP contribution in [0.2, 0.25) is 0 Å². The van der Waals surface area contributed by atoms with E-state index >= 15 is 0 Å². The van der Waals surface area contributed by atoms with Gasteiger partial charge in [0.15, 0.2) is 0 Å². The Kier molecular flexibility index (Phi) is 4.36. The topological polar surface area (TPSA) is 33.1 Å². The molecule has 1 aliphatic heterocycles. The summed E-state index contributed by atoms with van der Waals surface area (Å²) in [5.41, 5.74) is 1.55. The third-order valence-corrected chi connectivity index (χ3v) is 5.42. The highest BCUT2D eigenvalue weighted by atomic mass is 15.3. The van der Waals surface area contributed by atoms with Crippen LogP contribution in [-0.4, -0.2) is 39.4 Å². The monoisotopic (exact) mass is 290 g/mol. The summed E-state index contributed by atoms with van der Waals surface area (Å²) in [6.45, 7) is 7.99. The molecule has 4 heteroatoms. The zero-order valence-corrected chi connectivity index (χ0v) is 13.8. The number of nitrogens with zero attached hydrogens (tertiary/aromatic N) is 3. The number of nitrogens with one attached hydrogen (secondary N) is 1. The molecule has 1 atom stereocenters. The van der Waals surface area contributed by atoms with Crippen molar-refractivity contribution in [3.63, 3.8) is 0 Å². The molecule has 4 nitrogen and oxygen atoms in total. The van der Waals surface area contributed by atoms with Gasteiger partial charge in [0.2, 0.25) is 0 Å². The van der Waals surface area contributed by atoms with Crippen molar-refractivity contribution in [2.45, 2.75) is 64.1 Å². The molecule has 0 bridgehead atoms. The van der Waals surface area contributed by atoms with E-state index < -0.39 is 0 Å². The van der Waals surface area contributed by atoms with Crippen molar-refractivity contribution in [2.24, 2.45) is 13.0 Å². The summed E-state index contributed by atoms with van der Waals surface area (Å²) in [4.78, 5) is 2.65. The second-order valence-electron chi connectivity index (χ2n) is 7.60. The Balaban J connectivity index is 1.66. The SMILES string of the molecule is Cn1cc(CN2CC(C3CCCCC3)NCC2(C)C)cn1. The van der Waals surface area contributed by atoms with E-state index in [1.165, 1.54) is 44.2 Å². The molecule has 2 fully saturated rings. The summed E-state index contributed by atoms with van der Waals surface area (Å²) < 4.78 is 1.91. The van der Waals surface area contributed by atoms with Gasteiger partial charge in [0.1, 0.15) is 0 Å². The maximum absolute atomic E-state index is 4.31. The Morgan fingerprint density at radius 2 is 2.05 bits per heavy atom. The number of hydrogen-bond acceptors (Lipinski definition) is 3. The fourth-order valence-corrected chi connectivity index (χ4v) is 3.95. The third-order valence-electron chi connectivity index (χ3n) is 5.42. The maximum Gasteiger partial charge on any atom is 0.0534 e. The molecule has 1 saturated heterocycles. The molecule has 21 heavy (non-hydrogen) atoms. The zero-order valence-electron chi connectivity index (χ0n) is 13.8. The number of rotatable bonds is 3. The Morgan fingerprint density at radius 3 is 2.71 bits per heavy atom. The lowest BCUT2D eigenvalue weighted by molar-refractivity contribution is 0.0374. The summed E-state index contributed by atoms with van der Waals surface area (Å²) >= 11 is 0. The van der Waals surface area contributed by atoms with Gasteiger partial charge >= 0.3 is 0 Å². The molecule has 118 valence electrons. The van der Waals surface area contributed by atoms with E-state index in [-0.39, 0.29) is 5.54 Å². The molecule has 1 aromatic heterocycles. The van der Waals surface area contributed by atoms with Crippen molar-refractivity contribution >= 4 is 0 Å². The van der Waals surface area contributed by atoms with Crippen LogP contribution in [0.25, 0.3) is 0 Å². The van der Waals surface area contributed by atoms with Crippen LogP contribution in [0.1, 0.15) is 51.5 Å². The van der Waals surface area contributed by atoms with E-state index in [0.29, 0.717) is 6.04 Å². The lowest BCUT2D eigenvalue weighted by Gasteiger charge is -2.48. The van der Waals surface area contributed by atoms with Gasteiger partial charge in [-0.3, -0.25) is 9.58 Å². The lowest BCUT2D eigenvalue weighted by atomic mass is 9.81. The summed E-state index contributed by atoms with van der Waals surface area (Å²) in [6, 6.07) is 0.676. The first-order valence-corrected chi connectivity index (χ1v) is 8.50. The Labute approximate surface area is 128 Å². The molecule has 1 unspecified atom stereocenters. The Hall–Kier alpha value is -0.870. The smallest absolute Gasteiger partial charge is 0.0534 e. The van der Waals surface area contributed by atoms with E-state index in [1.807, 2.05) is 17.9 Å². The van der Waals surface area contributed by atoms with Crippen molar-refractivity contribution in [2.75, 3.05) is 13.1 Å². The second-order valence-corrected chi connectivity index (χ2v) is 7.60. The predicted molar refractivity (Wildman–Crippen MR) is 86.1 cm³/mol. The lowest BCUT2D eigenvalue weighted by Crippen LogP contribution is -2.63. The Bertz CT molecular complexity index is 459. The largest absolute Gasteiger partial charge is 0.311 e. The minimum absolute atomic E-state index is 0.223. The molecule has 0 aromatic carbocycles. The van der Waals surface area contributed by atoms with Crippen LogP contribution in [0.5, 0.6) is 0 Å². The fraction of sp³-hybridized carbons (Fsp3) is 0.824. The fourth-order valence-electron chi connectivity index (χ4n) is 3.95. The molecule has 1 aromatic rings. The summed E-state index contributed by atoms with van der Waals surface area (Å²) in [5.74, 6) is 0.881. The van der Waals surface area contributed by atoms with Crippen LogP contribution in [0, 0.1) is 5.92 Å². The van der Waals surface area contributed by atoms with Crippen LogP contribution in [0.3, 0.4) is 0 Å². The van der Waals surface area contributed by atoms with Gasteiger partial charge in [0.05, 0.1) is 6.20 Å². The first kappa shape index (κ1) is 15.0. The molecule has 1 aliphatic carbocycles. The number of aromatic nitrogens is 2. The van der Waals surface area contributed by atoms with E-state index in [9.17, 15) is 0 Å². The first-order chi connectivity index (χ1) is 10.0. The first-order valence-electron chi connectivity index (χ1n) is 8.50. The van der Waals surface area contributed by atoms with Crippen LogP contribution in [0.15, 0.2) is 12.4 Å². The number of hydrogen-bond donors (Lipinski definition) is 1. The van der Waals surface area contributed by atoms with Gasteiger partial charge in [0, 0.05) is 50.0 Å². The third kappa shape index (κ3) is 3.49. The predicted octanol–water partition coefficient (Wildman–Crippen LogP) is 2.55. The minimum atomic E-state index is 0.223. The summed E-state index contributed by atoms with van der Waals surface area (Å²) in [7, 11) is 2.00. The zero-order chi connectivity index (χ0) is 14.9. The van der Waals surface area contributed by atoms with Gasteiger partial charge in [-0.15, -0.1) is 0 Å². The van der Waals surface area contributed by atoms with Crippen molar-refractivity contribution in [1.29, 1.82) is 0 Å². The van der Waals surface area contributed by atoms with Gasteiger partial charge in [0.25, 0.3) is 0 Å². The van der Waals surface area contributed by atoms with Gasteiger partial charge in [-0.1, -0.05) is 19.3 Å². The number of aryl methyl sites for hydroxylation is 1. The average molecular weight is 290 g/mol. The maximum atomic E-state index is 4.31. The molecule has 1 saturated carbocycles. The molecule has 1 N–H and O–H groups in total. The average Bonchev–Trinajstić information content (AvgIpc) is 2.87. The van der Waals surface area contributed by atoms with E-state index in [2.05, 4.69) is 35.4 Å². The quantitative estimate of drug-likeness (QED) is 0.929. The molecular formula is C17H30N4. The van der Waals surface area contributed by atoms with Crippen molar-refractivity contribution in [3.8, 4) is 0 Å². The molecule has 0 amide bonds. The number of piperazine rings is 1. The van der Waals surface area contributed by atoms with Crippen LogP contribution >= 0.6 is 0 Å². The highest BCUT2D eigenvalue weighted by molar-refractivity contribution is 5.06. The summed E-state index contributed by atoms with van der Waals surface area (Å²) in [6.07, 6.45) is 11.3. The standard InChI is InChI=1S/C17H30N4/c1-17(2)13-18-16(15-7-5-4-6-8-15)12-21(17)11-14-9-19-20(3)10-14/h9-10,15-16,18H,4-8,11-13H2,1-3H3. The summed E-state index contributed by atoms with van der Waals surface area (Å²) in [5, 5.41) is 8.15. The van der Waals surface area contributed by atoms with Crippen molar-refractivity contribution in [1.82, 2.24) is 20.0 Å². The van der Waals surface area contributed by atoms with Crippen LogP contribution < -0.4 is 5.32 Å². The molecular weight excluding hydrogens is 260 g/mol. The van der Waals surface area contributed by atoms with E-state index in [1.54, 1.807) is 0 Å². The highest BCUT2D eigenvalue weighted by Crippen LogP contribution is 2.31. The van der Waals surface area contributed by atoms with Crippen LogP contribution in [-0.2, 0) is 13.6 Å². The van der Waals surface area contributed by atoms with Crippen molar-refractivity contribution < 1.29 is 0 Å². The molecule has 2 aliphatic rings. The minimum Gasteiger partial charge on any atom is -0.311 e. The molecule has 0 spiro atoms. The normalized spacial score (nSPS) is 27.9. The van der Waals surface area contributed by atoms with Gasteiger partial charge in [-0.2, -0.15) is 5.10 Å². The second kappa shape index (κ2) is 6.09. The van der Waals surface area contributed by atoms with Gasteiger partial charge in [-0.05, 0) is 32.6 Å². The molecule has 0 radical (unpaired) electrons. The van der Waals surface area contributed by atoms with E-state index in [0.717, 1.165) is 19.0 Å². The Morgan fingerprint density at radius 1 is 1.29 bits per heavy atom. The van der Waals surface area contributed by atoms with Crippen LogP contribution in [0.4, 0.5) is 0 Å². The van der Waals surface area contributed by atoms with Gasteiger partial charge < -0.3 is 5.32 Å².